The smallest absolute Gasteiger partial charge is 0.257 e. The minimum Gasteiger partial charge on any atom is -0.360 e. The number of piperidine rings is 2. The van der Waals surface area contributed by atoms with Crippen LogP contribution < -0.4 is 15.5 Å². The van der Waals surface area contributed by atoms with Crippen molar-refractivity contribution in [3.05, 3.63) is 28.8 Å². The summed E-state index contributed by atoms with van der Waals surface area (Å²) in [6.45, 7) is 1.99. The molecule has 4 aliphatic rings. The van der Waals surface area contributed by atoms with E-state index in [1.165, 1.54) is 0 Å². The molecule has 1 aromatic rings. The molecule has 4 heterocycles. The maximum Gasteiger partial charge on any atom is 0.257 e. The maximum atomic E-state index is 14.8. The van der Waals surface area contributed by atoms with Crippen LogP contribution in [0.15, 0.2) is 6.07 Å². The van der Waals surface area contributed by atoms with Crippen LogP contribution in [0.5, 0.6) is 0 Å². The Morgan fingerprint density at radius 2 is 1.86 bits per heavy atom. The molecule has 3 fully saturated rings. The third-order valence-electron chi connectivity index (χ3n) is 6.75. The highest BCUT2D eigenvalue weighted by Crippen LogP contribution is 2.43. The Labute approximate surface area is 166 Å². The Bertz CT molecular complexity index is 886. The molecule has 29 heavy (non-hydrogen) atoms. The van der Waals surface area contributed by atoms with Gasteiger partial charge < -0.3 is 20.4 Å². The molecule has 4 aliphatic heterocycles. The van der Waals surface area contributed by atoms with E-state index in [-0.39, 0.29) is 30.2 Å². The Balaban J connectivity index is 1.42. The topological polar surface area (TPSA) is 81.8 Å². The Hall–Kier alpha value is -2.39. The molecule has 0 spiro atoms. The van der Waals surface area contributed by atoms with Gasteiger partial charge in [0, 0.05) is 55.9 Å². The summed E-state index contributed by atoms with van der Waals surface area (Å²) in [5.41, 5.74) is 0.749. The van der Waals surface area contributed by atoms with Crippen molar-refractivity contribution in [2.24, 2.45) is 0 Å². The number of nitrogens with zero attached hydrogens (tertiary/aromatic N) is 2. The van der Waals surface area contributed by atoms with E-state index in [4.69, 9.17) is 0 Å². The first-order valence-electron chi connectivity index (χ1n) is 10.0. The molecule has 0 aromatic heterocycles. The van der Waals surface area contributed by atoms with E-state index in [1.807, 2.05) is 4.90 Å². The maximum absolute atomic E-state index is 14.8. The van der Waals surface area contributed by atoms with E-state index in [0.717, 1.165) is 25.6 Å². The zero-order chi connectivity index (χ0) is 20.3. The van der Waals surface area contributed by atoms with E-state index in [0.29, 0.717) is 36.9 Å². The second-order valence-corrected chi connectivity index (χ2v) is 8.30. The van der Waals surface area contributed by atoms with Gasteiger partial charge in [0.1, 0.15) is 11.6 Å². The molecule has 3 saturated heterocycles. The molecule has 1 aromatic carbocycles. The summed E-state index contributed by atoms with van der Waals surface area (Å²) in [4.78, 5) is 38.8. The average Bonchev–Trinajstić information content (AvgIpc) is 3.08. The Morgan fingerprint density at radius 1 is 1.10 bits per heavy atom. The van der Waals surface area contributed by atoms with Crippen LogP contribution in [0, 0.1) is 11.6 Å². The van der Waals surface area contributed by atoms with Gasteiger partial charge in [0.2, 0.25) is 5.78 Å². The van der Waals surface area contributed by atoms with Crippen molar-refractivity contribution in [1.29, 1.82) is 0 Å². The number of rotatable bonds is 4. The first-order chi connectivity index (χ1) is 14.0. The van der Waals surface area contributed by atoms with Crippen molar-refractivity contribution in [3.8, 4) is 0 Å². The van der Waals surface area contributed by atoms with Crippen LogP contribution in [0.25, 0.3) is 0 Å². The van der Waals surface area contributed by atoms with Crippen LogP contribution in [0.2, 0.25) is 0 Å². The number of hydrogen-bond donors (Lipinski definition) is 2. The van der Waals surface area contributed by atoms with E-state index >= 15 is 0 Å². The molecule has 7 nitrogen and oxygen atoms in total. The molecule has 1 amide bonds. The third-order valence-corrected chi connectivity index (χ3v) is 6.75. The number of Topliss-reactive ketones (excluding diaryl/α,β-unsaturated/α-hetero) is 1. The largest absolute Gasteiger partial charge is 0.360 e. The summed E-state index contributed by atoms with van der Waals surface area (Å²) in [7, 11) is 0. The average molecular weight is 404 g/mol. The van der Waals surface area contributed by atoms with Crippen molar-refractivity contribution in [2.45, 2.75) is 50.0 Å². The number of carbonyl (C=O) groups excluding carboxylic acids is 3. The number of anilines is 1. The van der Waals surface area contributed by atoms with Gasteiger partial charge in [-0.2, -0.15) is 0 Å². The third kappa shape index (κ3) is 2.78. The molecule has 2 N–H and O–H groups in total. The van der Waals surface area contributed by atoms with Crippen LogP contribution in [-0.2, 0) is 16.1 Å². The van der Waals surface area contributed by atoms with E-state index in [9.17, 15) is 23.2 Å². The van der Waals surface area contributed by atoms with Crippen molar-refractivity contribution in [3.63, 3.8) is 0 Å². The monoisotopic (exact) mass is 404 g/mol. The predicted molar refractivity (Wildman–Crippen MR) is 99.7 cm³/mol. The molecule has 0 saturated carbocycles. The fourth-order valence-electron chi connectivity index (χ4n) is 5.28. The summed E-state index contributed by atoms with van der Waals surface area (Å²) in [5.74, 6) is -2.39. The van der Waals surface area contributed by atoms with Crippen molar-refractivity contribution < 1.29 is 23.2 Å². The van der Waals surface area contributed by atoms with Gasteiger partial charge in [0.05, 0.1) is 17.3 Å². The lowest BCUT2D eigenvalue weighted by atomic mass is 9.86. The quantitative estimate of drug-likeness (QED) is 0.557. The molecule has 2 bridgehead atoms. The molecule has 4 atom stereocenters. The van der Waals surface area contributed by atoms with Crippen LogP contribution in [0.3, 0.4) is 0 Å². The zero-order valence-electron chi connectivity index (χ0n) is 15.8. The first-order valence-corrected chi connectivity index (χ1v) is 10.0. The number of benzene rings is 1. The van der Waals surface area contributed by atoms with Crippen LogP contribution >= 0.6 is 0 Å². The van der Waals surface area contributed by atoms with E-state index in [1.54, 1.807) is 4.90 Å². The fraction of sp³-hybridized carbons (Fsp3) is 0.550. The molecule has 4 unspecified atom stereocenters. The van der Waals surface area contributed by atoms with Crippen LogP contribution in [0.1, 0.15) is 35.2 Å². The van der Waals surface area contributed by atoms with Gasteiger partial charge in [-0.1, -0.05) is 0 Å². The minimum atomic E-state index is -0.824. The lowest BCUT2D eigenvalue weighted by Crippen LogP contribution is -2.68. The molecule has 0 radical (unpaired) electrons. The highest BCUT2D eigenvalue weighted by molar-refractivity contribution is 6.27. The van der Waals surface area contributed by atoms with Gasteiger partial charge in [-0.05, 0) is 19.3 Å². The second-order valence-electron chi connectivity index (χ2n) is 8.30. The number of hydrogen-bond acceptors (Lipinski definition) is 6. The molecular weight excluding hydrogens is 382 g/mol. The highest BCUT2D eigenvalue weighted by atomic mass is 19.1. The number of halogens is 2. The molecule has 0 aliphatic carbocycles. The second kappa shape index (κ2) is 6.84. The van der Waals surface area contributed by atoms with Crippen LogP contribution in [0.4, 0.5) is 14.5 Å². The Kier molecular flexibility index (Phi) is 4.40. The zero-order valence-corrected chi connectivity index (χ0v) is 15.8. The van der Waals surface area contributed by atoms with Crippen LogP contribution in [-0.4, -0.2) is 66.7 Å². The number of amides is 1. The fourth-order valence-corrected chi connectivity index (χ4v) is 5.28. The summed E-state index contributed by atoms with van der Waals surface area (Å²) in [6, 6.07) is 0.372. The molecular formula is C20H22F2N4O3. The molecule has 5 rings (SSSR count). The van der Waals surface area contributed by atoms with Gasteiger partial charge in [0.25, 0.3) is 5.91 Å². The van der Waals surface area contributed by atoms with Crippen molar-refractivity contribution >= 4 is 23.7 Å². The number of ketones is 1. The summed E-state index contributed by atoms with van der Waals surface area (Å²) in [6.07, 6.45) is 2.22. The highest BCUT2D eigenvalue weighted by Gasteiger charge is 2.47. The predicted octanol–water partition coefficient (Wildman–Crippen LogP) is 0.360. The number of aldehydes is 1. The van der Waals surface area contributed by atoms with Gasteiger partial charge in [0.15, 0.2) is 6.29 Å². The Morgan fingerprint density at radius 3 is 2.48 bits per heavy atom. The van der Waals surface area contributed by atoms with E-state index in [2.05, 4.69) is 10.6 Å². The summed E-state index contributed by atoms with van der Waals surface area (Å²) < 4.78 is 29.4. The van der Waals surface area contributed by atoms with Crippen molar-refractivity contribution in [2.75, 3.05) is 24.5 Å². The molecule has 9 heteroatoms. The van der Waals surface area contributed by atoms with Crippen molar-refractivity contribution in [1.82, 2.24) is 15.5 Å². The van der Waals surface area contributed by atoms with Gasteiger partial charge in [-0.3, -0.25) is 14.4 Å². The van der Waals surface area contributed by atoms with Gasteiger partial charge >= 0.3 is 0 Å². The standard InChI is InChI=1S/C20H22F2N4O3/c21-14-4-15(22)19(26-11-3-12(26)6-23-5-11)13-8-25(20(29)18(13)14)10-1-2-16(24-7-10)17(28)9-27/h4,9-12,16,23-24H,1-3,5-8H2. The van der Waals surface area contributed by atoms with Gasteiger partial charge in [-0.15, -0.1) is 0 Å². The number of carbonyl (C=O) groups is 3. The number of piperazine rings is 1. The minimum absolute atomic E-state index is 0.0366. The lowest BCUT2D eigenvalue weighted by molar-refractivity contribution is -0.131. The van der Waals surface area contributed by atoms with E-state index < -0.39 is 29.4 Å². The summed E-state index contributed by atoms with van der Waals surface area (Å²) >= 11 is 0. The van der Waals surface area contributed by atoms with Gasteiger partial charge in [-0.25, -0.2) is 8.78 Å². The number of nitrogens with one attached hydrogen (secondary N) is 2. The number of fused-ring (bicyclic) bond motifs is 3. The SMILES string of the molecule is O=CC(=O)C1CCC(N2Cc3c(c(F)cc(F)c3N3C4CNCC3C4)C2=O)CN1. The molecule has 154 valence electrons. The normalized spacial score (nSPS) is 30.8. The lowest BCUT2D eigenvalue weighted by Gasteiger charge is -2.55. The first kappa shape index (κ1) is 18.6. The summed E-state index contributed by atoms with van der Waals surface area (Å²) in [5, 5.41) is 6.29.